The summed E-state index contributed by atoms with van der Waals surface area (Å²) in [4.78, 5) is 11.3. The van der Waals surface area contributed by atoms with Gasteiger partial charge in [-0.05, 0) is 31.7 Å². The van der Waals surface area contributed by atoms with Crippen LogP contribution in [-0.2, 0) is 6.18 Å². The van der Waals surface area contributed by atoms with E-state index in [9.17, 15) is 13.2 Å². The van der Waals surface area contributed by atoms with Gasteiger partial charge in [0.2, 0.25) is 0 Å². The summed E-state index contributed by atoms with van der Waals surface area (Å²) < 4.78 is 44.1. The highest BCUT2D eigenvalue weighted by Crippen LogP contribution is 2.38. The topological polar surface area (TPSA) is 67.1 Å². The summed E-state index contributed by atoms with van der Waals surface area (Å²) in [5.74, 6) is 0.878. The molecule has 1 atom stereocenters. The minimum Gasteiger partial charge on any atom is -0.333 e. The number of rotatable bonds is 2. The van der Waals surface area contributed by atoms with E-state index < -0.39 is 11.9 Å². The predicted molar refractivity (Wildman–Crippen MR) is 90.9 cm³/mol. The van der Waals surface area contributed by atoms with Gasteiger partial charge >= 0.3 is 6.18 Å². The molecule has 0 bridgehead atoms. The Morgan fingerprint density at radius 3 is 2.85 bits per heavy atom. The fourth-order valence-electron chi connectivity index (χ4n) is 3.02. The van der Waals surface area contributed by atoms with E-state index in [0.717, 1.165) is 42.6 Å². The Morgan fingerprint density at radius 1 is 1.31 bits per heavy atom. The number of nitrogens with zero attached hydrogens (tertiary/aromatic N) is 4. The van der Waals surface area contributed by atoms with Crippen LogP contribution in [0.25, 0.3) is 21.0 Å². The first kappa shape index (κ1) is 17.4. The monoisotopic (exact) mass is 383 g/mol. The third-order valence-electron chi connectivity index (χ3n) is 4.54. The van der Waals surface area contributed by atoms with E-state index in [1.54, 1.807) is 0 Å². The van der Waals surface area contributed by atoms with Crippen molar-refractivity contribution in [2.75, 3.05) is 26.7 Å². The van der Waals surface area contributed by atoms with Crippen LogP contribution in [0.2, 0.25) is 0 Å². The number of piperazine rings is 1. The van der Waals surface area contributed by atoms with Crippen molar-refractivity contribution in [1.29, 1.82) is 0 Å². The zero-order valence-electron chi connectivity index (χ0n) is 14.1. The fourth-order valence-corrected chi connectivity index (χ4v) is 4.12. The van der Waals surface area contributed by atoms with Crippen molar-refractivity contribution >= 4 is 21.6 Å². The van der Waals surface area contributed by atoms with Crippen LogP contribution in [0.3, 0.4) is 0 Å². The van der Waals surface area contributed by atoms with Gasteiger partial charge in [-0.2, -0.15) is 18.2 Å². The lowest BCUT2D eigenvalue weighted by atomic mass is 10.2. The molecule has 138 valence electrons. The Kier molecular flexibility index (Phi) is 4.20. The number of aromatic nitrogens is 3. The summed E-state index contributed by atoms with van der Waals surface area (Å²) in [6, 6.07) is 2.44. The molecule has 3 aromatic rings. The fraction of sp³-hybridized carbons (Fsp3) is 0.438. The molecule has 1 fully saturated rings. The number of likely N-dealkylation sites (N-methyl/N-ethyl adjacent to an activating group) is 1. The highest BCUT2D eigenvalue weighted by Gasteiger charge is 2.33. The molecule has 4 rings (SSSR count). The number of hydrogen-bond donors (Lipinski definition) is 1. The van der Waals surface area contributed by atoms with E-state index in [-0.39, 0.29) is 6.04 Å². The maximum Gasteiger partial charge on any atom is 0.433 e. The van der Waals surface area contributed by atoms with Gasteiger partial charge in [-0.25, -0.2) is 4.98 Å². The maximum atomic E-state index is 12.9. The number of halogens is 3. The van der Waals surface area contributed by atoms with E-state index in [2.05, 4.69) is 25.3 Å². The van der Waals surface area contributed by atoms with E-state index >= 15 is 0 Å². The molecule has 1 saturated heterocycles. The molecule has 0 saturated carbocycles. The quantitative estimate of drug-likeness (QED) is 0.733. The van der Waals surface area contributed by atoms with Crippen LogP contribution in [0.1, 0.15) is 23.1 Å². The van der Waals surface area contributed by atoms with Gasteiger partial charge in [0.25, 0.3) is 5.89 Å². The summed E-state index contributed by atoms with van der Waals surface area (Å²) in [5, 5.41) is 8.02. The lowest BCUT2D eigenvalue weighted by Crippen LogP contribution is -2.44. The zero-order chi connectivity index (χ0) is 18.5. The number of aryl methyl sites for hydroxylation is 1. The van der Waals surface area contributed by atoms with Gasteiger partial charge < -0.3 is 9.84 Å². The van der Waals surface area contributed by atoms with Gasteiger partial charge in [0.05, 0.1) is 10.9 Å². The SMILES string of the molecule is Cc1c(-c2nc(C3CNCCN3C)no2)sc2nc(C(F)(F)F)ccc12. The lowest BCUT2D eigenvalue weighted by Gasteiger charge is -2.30. The Hall–Kier alpha value is -2.04. The smallest absolute Gasteiger partial charge is 0.333 e. The normalized spacial score (nSPS) is 19.3. The van der Waals surface area contributed by atoms with Crippen molar-refractivity contribution < 1.29 is 17.7 Å². The number of nitrogens with one attached hydrogen (secondary N) is 1. The molecule has 1 aliphatic rings. The van der Waals surface area contributed by atoms with Gasteiger partial charge in [-0.15, -0.1) is 11.3 Å². The van der Waals surface area contributed by atoms with Gasteiger partial charge in [0.1, 0.15) is 10.5 Å². The van der Waals surface area contributed by atoms with Crippen molar-refractivity contribution in [3.05, 3.63) is 29.2 Å². The van der Waals surface area contributed by atoms with E-state index in [4.69, 9.17) is 4.52 Å². The standard InChI is InChI=1S/C16H16F3N5OS/c1-8-9-3-4-11(16(17,18)19)21-15(9)26-12(8)14-22-13(23-25-14)10-7-20-5-6-24(10)2/h3-4,10,20H,5-7H2,1-2H3. The summed E-state index contributed by atoms with van der Waals surface area (Å²) in [5.41, 5.74) is -0.115. The second-order valence-corrected chi connectivity index (χ2v) is 7.26. The van der Waals surface area contributed by atoms with Gasteiger partial charge in [-0.1, -0.05) is 5.16 Å². The number of hydrogen-bond acceptors (Lipinski definition) is 7. The van der Waals surface area contributed by atoms with Gasteiger partial charge in [0, 0.05) is 25.0 Å². The zero-order valence-corrected chi connectivity index (χ0v) is 14.9. The molecule has 1 N–H and O–H groups in total. The van der Waals surface area contributed by atoms with E-state index in [1.807, 2.05) is 14.0 Å². The first-order chi connectivity index (χ1) is 12.3. The first-order valence-electron chi connectivity index (χ1n) is 8.07. The molecule has 0 spiro atoms. The molecule has 1 unspecified atom stereocenters. The first-order valence-corrected chi connectivity index (χ1v) is 8.88. The molecule has 6 nitrogen and oxygen atoms in total. The molecule has 0 aromatic carbocycles. The van der Waals surface area contributed by atoms with Crippen LogP contribution < -0.4 is 5.32 Å². The summed E-state index contributed by atoms with van der Waals surface area (Å²) in [6.45, 7) is 4.32. The molecule has 0 amide bonds. The molecular formula is C16H16F3N5OS. The molecule has 1 aliphatic heterocycles. The highest BCUT2D eigenvalue weighted by atomic mass is 32.1. The van der Waals surface area contributed by atoms with Crippen LogP contribution in [-0.4, -0.2) is 46.7 Å². The Morgan fingerprint density at radius 2 is 2.12 bits per heavy atom. The van der Waals surface area contributed by atoms with Crippen LogP contribution in [0.15, 0.2) is 16.7 Å². The Balaban J connectivity index is 1.72. The van der Waals surface area contributed by atoms with E-state index in [0.29, 0.717) is 26.8 Å². The van der Waals surface area contributed by atoms with Gasteiger partial charge in [-0.3, -0.25) is 4.90 Å². The van der Waals surface area contributed by atoms with Crippen LogP contribution >= 0.6 is 11.3 Å². The number of fused-ring (bicyclic) bond motifs is 1. The second kappa shape index (κ2) is 6.29. The second-order valence-electron chi connectivity index (χ2n) is 6.26. The molecule has 26 heavy (non-hydrogen) atoms. The van der Waals surface area contributed by atoms with Crippen LogP contribution in [0.5, 0.6) is 0 Å². The number of pyridine rings is 1. The average Bonchev–Trinajstić information content (AvgIpc) is 3.19. The molecule has 10 heteroatoms. The molecule has 0 radical (unpaired) electrons. The summed E-state index contributed by atoms with van der Waals surface area (Å²) in [7, 11) is 1.99. The summed E-state index contributed by atoms with van der Waals surface area (Å²) in [6.07, 6.45) is -4.47. The average molecular weight is 383 g/mol. The minimum absolute atomic E-state index is 0.00546. The Labute approximate surface area is 151 Å². The molecular weight excluding hydrogens is 367 g/mol. The Bertz CT molecular complexity index is 951. The summed E-state index contributed by atoms with van der Waals surface area (Å²) >= 11 is 1.13. The highest BCUT2D eigenvalue weighted by molar-refractivity contribution is 7.22. The van der Waals surface area contributed by atoms with Crippen molar-refractivity contribution in [1.82, 2.24) is 25.3 Å². The van der Waals surface area contributed by atoms with Crippen molar-refractivity contribution in [3.63, 3.8) is 0 Å². The predicted octanol–water partition coefficient (Wildman–Crippen LogP) is 3.25. The molecule has 0 aliphatic carbocycles. The van der Waals surface area contributed by atoms with Crippen LogP contribution in [0.4, 0.5) is 13.2 Å². The lowest BCUT2D eigenvalue weighted by molar-refractivity contribution is -0.140. The molecule has 3 aromatic heterocycles. The molecule has 4 heterocycles. The van der Waals surface area contributed by atoms with Crippen molar-refractivity contribution in [2.24, 2.45) is 0 Å². The van der Waals surface area contributed by atoms with E-state index in [1.165, 1.54) is 6.07 Å². The van der Waals surface area contributed by atoms with Gasteiger partial charge in [0.15, 0.2) is 5.82 Å². The van der Waals surface area contributed by atoms with Crippen LogP contribution in [0, 0.1) is 6.92 Å². The van der Waals surface area contributed by atoms with Crippen molar-refractivity contribution in [2.45, 2.75) is 19.1 Å². The third-order valence-corrected chi connectivity index (χ3v) is 5.73. The van der Waals surface area contributed by atoms with Crippen molar-refractivity contribution in [3.8, 4) is 10.8 Å². The third kappa shape index (κ3) is 2.97. The number of thiophene rings is 1. The minimum atomic E-state index is -4.47. The largest absolute Gasteiger partial charge is 0.433 e. The maximum absolute atomic E-state index is 12.9. The number of alkyl halides is 3.